The van der Waals surface area contributed by atoms with Gasteiger partial charge in [0.2, 0.25) is 0 Å². The number of pyridine rings is 1. The molecule has 1 aromatic heterocycles. The number of nitrogens with zero attached hydrogens (tertiary/aromatic N) is 3. The number of hydrazine groups is 1. The molecule has 1 heterocycles. The van der Waals surface area contributed by atoms with Crippen LogP contribution in [0.4, 0.5) is 0 Å². The van der Waals surface area contributed by atoms with Crippen LogP contribution in [0.15, 0.2) is 53.7 Å². The number of aromatic nitrogens is 1. The van der Waals surface area contributed by atoms with Gasteiger partial charge in [-0.25, -0.2) is 5.84 Å². The smallest absolute Gasteiger partial charge is 0.165 e. The van der Waals surface area contributed by atoms with Crippen LogP contribution in [0.2, 0.25) is 0 Å². The number of nitrogens with two attached hydrogens (primary N) is 1. The maximum atomic E-state index is 8.03. The molecule has 2 aromatic rings. The van der Waals surface area contributed by atoms with E-state index in [1.165, 1.54) is 5.01 Å². The molecule has 7 nitrogen and oxygen atoms in total. The third kappa shape index (κ3) is 5.17. The van der Waals surface area contributed by atoms with E-state index in [0.29, 0.717) is 5.71 Å². The van der Waals surface area contributed by atoms with Gasteiger partial charge in [-0.3, -0.25) is 15.4 Å². The lowest BCUT2D eigenvalue weighted by Gasteiger charge is -2.15. The Morgan fingerprint density at radius 2 is 1.91 bits per heavy atom. The molecule has 1 aromatic carbocycles. The van der Waals surface area contributed by atoms with Crippen molar-refractivity contribution in [1.82, 2.24) is 16.1 Å². The van der Waals surface area contributed by atoms with E-state index in [9.17, 15) is 0 Å². The number of hydrogen-bond donors (Lipinski definition) is 3. The van der Waals surface area contributed by atoms with Crippen molar-refractivity contribution in [2.45, 2.75) is 13.5 Å². The van der Waals surface area contributed by atoms with Crippen molar-refractivity contribution in [2.24, 2.45) is 11.0 Å². The molecule has 7 heteroatoms. The van der Waals surface area contributed by atoms with Crippen LogP contribution in [-0.2, 0) is 11.4 Å². The van der Waals surface area contributed by atoms with E-state index in [0.717, 1.165) is 17.0 Å². The molecule has 0 aliphatic heterocycles. The fourth-order valence-corrected chi connectivity index (χ4v) is 1.84. The van der Waals surface area contributed by atoms with Gasteiger partial charge in [-0.1, -0.05) is 41.6 Å². The van der Waals surface area contributed by atoms with Gasteiger partial charge in [-0.15, -0.1) is 0 Å². The van der Waals surface area contributed by atoms with Gasteiger partial charge in [0, 0.05) is 18.3 Å². The number of nitrogens with one attached hydrogen (secondary N) is 1. The van der Waals surface area contributed by atoms with Crippen molar-refractivity contribution in [3.05, 3.63) is 65.5 Å². The zero-order valence-corrected chi connectivity index (χ0v) is 13.4. The topological polar surface area (TPSA) is 123 Å². The Labute approximate surface area is 135 Å². The lowest BCUT2D eigenvalue weighted by atomic mass is 10.1. The number of hydrogen-bond acceptors (Lipinski definition) is 6. The first-order valence-electron chi connectivity index (χ1n) is 6.83. The standard InChI is InChI=1S/C16H19N5O.H3N/c1-12-7-6-10-14(19-12)11-22-20-15(16(17)21(2)18)13-8-4-3-5-9-13;/h3-10,17H,11,18H2,1-2H3;1H3/b17-16?,20-15-;. The molecule has 0 fully saturated rings. The van der Waals surface area contributed by atoms with Crippen molar-refractivity contribution in [2.75, 3.05) is 7.05 Å². The van der Waals surface area contributed by atoms with Gasteiger partial charge in [0.1, 0.15) is 0 Å². The molecular weight excluding hydrogens is 292 g/mol. The van der Waals surface area contributed by atoms with E-state index < -0.39 is 0 Å². The second kappa shape index (κ2) is 8.62. The van der Waals surface area contributed by atoms with Crippen LogP contribution in [-0.4, -0.2) is 28.6 Å². The molecule has 6 N–H and O–H groups in total. The fourth-order valence-electron chi connectivity index (χ4n) is 1.84. The molecule has 0 spiro atoms. The molecule has 0 aliphatic carbocycles. The molecule has 0 bridgehead atoms. The SMILES string of the molecule is Cc1cccc(CO/N=C(\C(=N)N(C)N)c2ccccc2)n1.N. The van der Waals surface area contributed by atoms with E-state index in [1.54, 1.807) is 7.05 Å². The van der Waals surface area contributed by atoms with E-state index in [-0.39, 0.29) is 18.6 Å². The van der Waals surface area contributed by atoms with E-state index in [4.69, 9.17) is 16.1 Å². The fraction of sp³-hybridized carbons (Fsp3) is 0.188. The number of oxime groups is 1. The van der Waals surface area contributed by atoms with Gasteiger partial charge in [0.25, 0.3) is 0 Å². The van der Waals surface area contributed by atoms with Crippen molar-refractivity contribution >= 4 is 11.5 Å². The summed E-state index contributed by atoms with van der Waals surface area (Å²) in [7, 11) is 1.59. The minimum atomic E-state index is 0. The van der Waals surface area contributed by atoms with Crippen molar-refractivity contribution in [1.29, 1.82) is 5.41 Å². The van der Waals surface area contributed by atoms with Crippen molar-refractivity contribution < 1.29 is 4.84 Å². The third-order valence-corrected chi connectivity index (χ3v) is 2.94. The molecule has 23 heavy (non-hydrogen) atoms. The van der Waals surface area contributed by atoms with Crippen LogP contribution >= 0.6 is 0 Å². The first-order chi connectivity index (χ1) is 10.6. The Kier molecular flexibility index (Phi) is 6.85. The lowest BCUT2D eigenvalue weighted by Crippen LogP contribution is -2.38. The quantitative estimate of drug-likeness (QED) is 0.338. The monoisotopic (exact) mass is 314 g/mol. The van der Waals surface area contributed by atoms with Crippen LogP contribution < -0.4 is 12.0 Å². The summed E-state index contributed by atoms with van der Waals surface area (Å²) < 4.78 is 0. The maximum absolute atomic E-state index is 8.03. The highest BCUT2D eigenvalue weighted by atomic mass is 16.6. The average molecular weight is 314 g/mol. The van der Waals surface area contributed by atoms with Gasteiger partial charge >= 0.3 is 0 Å². The minimum Gasteiger partial charge on any atom is -0.389 e. The minimum absolute atomic E-state index is 0. The highest BCUT2D eigenvalue weighted by molar-refractivity contribution is 6.46. The number of rotatable bonds is 5. The van der Waals surface area contributed by atoms with Crippen LogP contribution in [0.25, 0.3) is 0 Å². The zero-order valence-electron chi connectivity index (χ0n) is 13.4. The summed E-state index contributed by atoms with van der Waals surface area (Å²) >= 11 is 0. The van der Waals surface area contributed by atoms with E-state index >= 15 is 0 Å². The van der Waals surface area contributed by atoms with Gasteiger partial charge < -0.3 is 11.0 Å². The van der Waals surface area contributed by atoms with Crippen LogP contribution in [0, 0.1) is 12.3 Å². The predicted octanol–water partition coefficient (Wildman–Crippen LogP) is 2.26. The third-order valence-electron chi connectivity index (χ3n) is 2.94. The molecule has 122 valence electrons. The molecule has 0 radical (unpaired) electrons. The molecule has 0 saturated carbocycles. The Hall–Kier alpha value is -2.77. The van der Waals surface area contributed by atoms with Gasteiger partial charge in [-0.2, -0.15) is 0 Å². The number of likely N-dealkylation sites (N-methyl/N-ethyl adjacent to an activating group) is 1. The summed E-state index contributed by atoms with van der Waals surface area (Å²) in [5.41, 5.74) is 2.84. The zero-order chi connectivity index (χ0) is 15.9. The van der Waals surface area contributed by atoms with Crippen LogP contribution in [0.3, 0.4) is 0 Å². The average Bonchev–Trinajstić information content (AvgIpc) is 2.52. The molecule has 0 unspecified atom stereocenters. The van der Waals surface area contributed by atoms with Crippen molar-refractivity contribution in [3.63, 3.8) is 0 Å². The largest absolute Gasteiger partial charge is 0.389 e. The molecular formula is C16H22N6O. The Morgan fingerprint density at radius 3 is 2.52 bits per heavy atom. The normalized spacial score (nSPS) is 10.7. The molecule has 0 aliphatic rings. The lowest BCUT2D eigenvalue weighted by molar-refractivity contribution is 0.128. The number of benzene rings is 1. The first-order valence-corrected chi connectivity index (χ1v) is 6.83. The Morgan fingerprint density at radius 1 is 1.22 bits per heavy atom. The Bertz CT molecular complexity index is 669. The summed E-state index contributed by atoms with van der Waals surface area (Å²) in [4.78, 5) is 9.70. The van der Waals surface area contributed by atoms with Crippen LogP contribution in [0.1, 0.15) is 17.0 Å². The summed E-state index contributed by atoms with van der Waals surface area (Å²) in [6, 6.07) is 15.0. The first kappa shape index (κ1) is 18.3. The summed E-state index contributed by atoms with van der Waals surface area (Å²) in [6.07, 6.45) is 0. The molecule has 2 rings (SSSR count). The van der Waals surface area contributed by atoms with E-state index in [1.807, 2.05) is 55.5 Å². The summed E-state index contributed by atoms with van der Waals surface area (Å²) in [5, 5.41) is 13.3. The number of amidine groups is 1. The summed E-state index contributed by atoms with van der Waals surface area (Å²) in [6.45, 7) is 2.15. The molecule has 0 saturated heterocycles. The van der Waals surface area contributed by atoms with Gasteiger partial charge in [-0.05, 0) is 19.1 Å². The summed E-state index contributed by atoms with van der Waals surface area (Å²) in [5.74, 6) is 5.71. The molecule has 0 atom stereocenters. The van der Waals surface area contributed by atoms with Crippen molar-refractivity contribution in [3.8, 4) is 0 Å². The second-order valence-corrected chi connectivity index (χ2v) is 4.81. The van der Waals surface area contributed by atoms with Gasteiger partial charge in [0.05, 0.1) is 5.69 Å². The Balaban J connectivity index is 0.00000264. The second-order valence-electron chi connectivity index (χ2n) is 4.81. The van der Waals surface area contributed by atoms with E-state index in [2.05, 4.69) is 10.1 Å². The molecule has 0 amide bonds. The highest BCUT2D eigenvalue weighted by Gasteiger charge is 2.13. The van der Waals surface area contributed by atoms with Gasteiger partial charge in [0.15, 0.2) is 18.2 Å². The number of aryl methyl sites for hydroxylation is 1. The predicted molar refractivity (Wildman–Crippen MR) is 91.4 cm³/mol. The maximum Gasteiger partial charge on any atom is 0.165 e. The highest BCUT2D eigenvalue weighted by Crippen LogP contribution is 2.06. The van der Waals surface area contributed by atoms with Crippen LogP contribution in [0.5, 0.6) is 0 Å².